The number of hydrogen-bond donors (Lipinski definition) is 2. The first kappa shape index (κ1) is 28.8. The zero-order chi connectivity index (χ0) is 25.1. The van der Waals surface area contributed by atoms with Gasteiger partial charge in [0.25, 0.3) is 0 Å². The van der Waals surface area contributed by atoms with Crippen LogP contribution >= 0.6 is 0 Å². The third-order valence-electron chi connectivity index (χ3n) is 6.98. The van der Waals surface area contributed by atoms with Gasteiger partial charge in [0.1, 0.15) is 6.10 Å². The number of hydrogen-bond acceptors (Lipinski definition) is 6. The van der Waals surface area contributed by atoms with E-state index in [1.165, 1.54) is 12.5 Å². The van der Waals surface area contributed by atoms with Crippen molar-refractivity contribution in [2.45, 2.75) is 111 Å². The Hall–Kier alpha value is -1.47. The molecule has 1 saturated heterocycles. The summed E-state index contributed by atoms with van der Waals surface area (Å²) in [6.07, 6.45) is 16.2. The quantitative estimate of drug-likeness (QED) is 0.204. The standard InChI is InChI=1S/C28H47NO5/c1-7-25(31)22(5)28-26(34-28)18-19(2)12-11-13-20(3)27-21(4)15-16-24(33-23(6)30)14-9-8-10-17-32-29-27/h11-13,15-16,19,21-22,24-29,31H,7-10,14,17-18H2,1-6H3/b12-11+,16-15-,20-13+/t19-,21+,22-,24?,25+,26-,27-,28-/m1/s1. The van der Waals surface area contributed by atoms with Gasteiger partial charge in [-0.05, 0) is 56.9 Å². The summed E-state index contributed by atoms with van der Waals surface area (Å²) in [5.41, 5.74) is 4.43. The van der Waals surface area contributed by atoms with E-state index >= 15 is 0 Å². The second kappa shape index (κ2) is 14.8. The van der Waals surface area contributed by atoms with Crippen molar-refractivity contribution in [3.05, 3.63) is 36.0 Å². The summed E-state index contributed by atoms with van der Waals surface area (Å²) in [6.45, 7) is 12.7. The number of nitrogens with one attached hydrogen (secondary N) is 1. The molecule has 34 heavy (non-hydrogen) atoms. The van der Waals surface area contributed by atoms with E-state index in [1.807, 2.05) is 13.0 Å². The van der Waals surface area contributed by atoms with Gasteiger partial charge in [0.05, 0.1) is 31.0 Å². The Morgan fingerprint density at radius 3 is 2.71 bits per heavy atom. The molecule has 0 amide bonds. The van der Waals surface area contributed by atoms with E-state index in [2.05, 4.69) is 57.5 Å². The second-order valence-electron chi connectivity index (χ2n) is 10.2. The van der Waals surface area contributed by atoms with Crippen LogP contribution in [-0.4, -0.2) is 48.1 Å². The molecule has 0 aromatic heterocycles. The van der Waals surface area contributed by atoms with Crippen molar-refractivity contribution in [3.8, 4) is 0 Å². The molecule has 1 unspecified atom stereocenters. The van der Waals surface area contributed by atoms with Crippen LogP contribution in [-0.2, 0) is 19.1 Å². The first-order valence-electron chi connectivity index (χ1n) is 13.1. The number of carbonyl (C=O) groups is 1. The van der Waals surface area contributed by atoms with E-state index in [-0.39, 0.29) is 48.3 Å². The van der Waals surface area contributed by atoms with Gasteiger partial charge in [-0.2, -0.15) is 5.48 Å². The number of esters is 1. The van der Waals surface area contributed by atoms with Crippen molar-refractivity contribution >= 4 is 5.97 Å². The smallest absolute Gasteiger partial charge is 0.303 e. The molecule has 2 aliphatic rings. The SMILES string of the molecule is CC[C@H](O)[C@@H](C)[C@H]1O[C@@H]1C[C@H](C)/C=C/C=C(\C)[C@H]1NOCCCCCC(OC(C)=O)/C=C\[C@@H]1C. The number of ether oxygens (including phenoxy) is 2. The summed E-state index contributed by atoms with van der Waals surface area (Å²) < 4.78 is 11.3. The lowest BCUT2D eigenvalue weighted by Gasteiger charge is -2.25. The van der Waals surface area contributed by atoms with Gasteiger partial charge in [-0.25, -0.2) is 0 Å². The van der Waals surface area contributed by atoms with Crippen LogP contribution < -0.4 is 5.48 Å². The van der Waals surface area contributed by atoms with Crippen molar-refractivity contribution < 1.29 is 24.2 Å². The molecule has 194 valence electrons. The minimum atomic E-state index is -0.285. The maximum Gasteiger partial charge on any atom is 0.303 e. The molecule has 0 radical (unpaired) electrons. The number of hydroxylamine groups is 1. The van der Waals surface area contributed by atoms with E-state index in [9.17, 15) is 9.90 Å². The fourth-order valence-electron chi connectivity index (χ4n) is 4.62. The van der Waals surface area contributed by atoms with Gasteiger partial charge >= 0.3 is 5.97 Å². The number of allylic oxidation sites excluding steroid dienone is 3. The largest absolute Gasteiger partial charge is 0.458 e. The Kier molecular flexibility index (Phi) is 12.5. The molecule has 0 spiro atoms. The molecule has 0 aromatic carbocycles. The summed E-state index contributed by atoms with van der Waals surface area (Å²) >= 11 is 0. The van der Waals surface area contributed by atoms with E-state index in [0.29, 0.717) is 12.5 Å². The molecular formula is C28H47NO5. The highest BCUT2D eigenvalue weighted by Crippen LogP contribution is 2.36. The Bertz CT molecular complexity index is 703. The third kappa shape index (κ3) is 10.0. The topological polar surface area (TPSA) is 80.3 Å². The maximum atomic E-state index is 11.5. The van der Waals surface area contributed by atoms with Gasteiger partial charge in [0.15, 0.2) is 0 Å². The minimum Gasteiger partial charge on any atom is -0.458 e. The summed E-state index contributed by atoms with van der Waals surface area (Å²) in [6, 6.07) is 0.0288. The van der Waals surface area contributed by atoms with Crippen LogP contribution in [0.25, 0.3) is 0 Å². The van der Waals surface area contributed by atoms with Gasteiger partial charge in [0, 0.05) is 12.8 Å². The first-order chi connectivity index (χ1) is 16.2. The van der Waals surface area contributed by atoms with Crippen LogP contribution in [0.3, 0.4) is 0 Å². The summed E-state index contributed by atoms with van der Waals surface area (Å²) in [4.78, 5) is 17.2. The number of aliphatic hydroxyl groups is 1. The number of epoxide rings is 1. The van der Waals surface area contributed by atoms with Crippen LogP contribution in [0.5, 0.6) is 0 Å². The van der Waals surface area contributed by atoms with Crippen molar-refractivity contribution in [1.82, 2.24) is 5.48 Å². The second-order valence-corrected chi connectivity index (χ2v) is 10.2. The van der Waals surface area contributed by atoms with E-state index in [0.717, 1.165) is 38.5 Å². The highest BCUT2D eigenvalue weighted by Gasteiger charge is 2.44. The average Bonchev–Trinajstić information content (AvgIpc) is 3.55. The maximum absolute atomic E-state index is 11.5. The van der Waals surface area contributed by atoms with Crippen molar-refractivity contribution in [2.75, 3.05) is 6.61 Å². The Balaban J connectivity index is 1.94. The third-order valence-corrected chi connectivity index (χ3v) is 6.98. The van der Waals surface area contributed by atoms with Crippen molar-refractivity contribution in [1.29, 1.82) is 0 Å². The molecule has 2 aliphatic heterocycles. The number of aliphatic hydroxyl groups excluding tert-OH is 1. The van der Waals surface area contributed by atoms with E-state index < -0.39 is 0 Å². The molecule has 0 saturated carbocycles. The zero-order valence-corrected chi connectivity index (χ0v) is 22.0. The first-order valence-corrected chi connectivity index (χ1v) is 13.1. The fourth-order valence-corrected chi connectivity index (χ4v) is 4.62. The lowest BCUT2D eigenvalue weighted by Crippen LogP contribution is -2.36. The zero-order valence-electron chi connectivity index (χ0n) is 22.0. The molecule has 2 heterocycles. The van der Waals surface area contributed by atoms with Gasteiger partial charge in [0.2, 0.25) is 0 Å². The van der Waals surface area contributed by atoms with E-state index in [4.69, 9.17) is 14.3 Å². The van der Waals surface area contributed by atoms with Gasteiger partial charge in [-0.3, -0.25) is 4.79 Å². The summed E-state index contributed by atoms with van der Waals surface area (Å²) in [5, 5.41) is 10.0. The summed E-state index contributed by atoms with van der Waals surface area (Å²) in [7, 11) is 0. The van der Waals surface area contributed by atoms with Crippen LogP contribution in [0.15, 0.2) is 36.0 Å². The Morgan fingerprint density at radius 2 is 2.00 bits per heavy atom. The highest BCUT2D eigenvalue weighted by atomic mass is 16.6. The fraction of sp³-hybridized carbons (Fsp3) is 0.750. The van der Waals surface area contributed by atoms with Gasteiger partial charge < -0.3 is 19.4 Å². The molecule has 2 rings (SSSR count). The molecular weight excluding hydrogens is 430 g/mol. The van der Waals surface area contributed by atoms with Crippen LogP contribution in [0.2, 0.25) is 0 Å². The molecule has 6 heteroatoms. The average molecular weight is 478 g/mol. The molecule has 2 N–H and O–H groups in total. The normalized spacial score (nSPS) is 32.8. The molecule has 6 nitrogen and oxygen atoms in total. The molecule has 8 atom stereocenters. The Labute approximate surface area is 206 Å². The number of carbonyl (C=O) groups excluding carboxylic acids is 1. The van der Waals surface area contributed by atoms with Crippen molar-refractivity contribution in [2.24, 2.45) is 17.8 Å². The lowest BCUT2D eigenvalue weighted by molar-refractivity contribution is -0.144. The van der Waals surface area contributed by atoms with E-state index in [1.54, 1.807) is 0 Å². The predicted octanol–water partition coefficient (Wildman–Crippen LogP) is 5.28. The molecule has 1 fully saturated rings. The monoisotopic (exact) mass is 477 g/mol. The highest BCUT2D eigenvalue weighted by molar-refractivity contribution is 5.66. The van der Waals surface area contributed by atoms with Gasteiger partial charge in [-0.1, -0.05) is 64.0 Å². The minimum absolute atomic E-state index is 0.0288. The van der Waals surface area contributed by atoms with Crippen molar-refractivity contribution in [3.63, 3.8) is 0 Å². The Morgan fingerprint density at radius 1 is 1.24 bits per heavy atom. The predicted molar refractivity (Wildman–Crippen MR) is 136 cm³/mol. The van der Waals surface area contributed by atoms with Gasteiger partial charge in [-0.15, -0.1) is 0 Å². The molecule has 0 aromatic rings. The van der Waals surface area contributed by atoms with Crippen LogP contribution in [0.1, 0.15) is 80.1 Å². The molecule has 0 aliphatic carbocycles. The lowest BCUT2D eigenvalue weighted by atomic mass is 9.93. The van der Waals surface area contributed by atoms with Crippen LogP contribution in [0, 0.1) is 17.8 Å². The molecule has 0 bridgehead atoms. The number of rotatable bonds is 9. The summed E-state index contributed by atoms with van der Waals surface area (Å²) in [5.74, 6) is 0.524. The van der Waals surface area contributed by atoms with Crippen LogP contribution in [0.4, 0.5) is 0 Å².